The number of fused-ring (bicyclic) bond motifs is 1. The molecule has 0 amide bonds. The van der Waals surface area contributed by atoms with Gasteiger partial charge in [0.05, 0.1) is 0 Å². The molecular weight excluding hydrogens is 383 g/mol. The number of phenols is 1. The summed E-state index contributed by atoms with van der Waals surface area (Å²) in [5.74, 6) is 0.539. The number of nitrogens with one attached hydrogen (secondary N) is 1. The number of rotatable bonds is 2. The van der Waals surface area contributed by atoms with Gasteiger partial charge in [0, 0.05) is 28.8 Å². The van der Waals surface area contributed by atoms with E-state index in [0.29, 0.717) is 41.3 Å². The van der Waals surface area contributed by atoms with Crippen molar-refractivity contribution >= 4 is 11.7 Å². The molecule has 2 aromatic carbocycles. The van der Waals surface area contributed by atoms with Crippen LogP contribution in [0.1, 0.15) is 38.3 Å². The molecule has 2 heterocycles. The van der Waals surface area contributed by atoms with Crippen LogP contribution in [-0.2, 0) is 4.79 Å². The van der Waals surface area contributed by atoms with Gasteiger partial charge in [0.15, 0.2) is 11.6 Å². The number of benzene rings is 2. The highest BCUT2D eigenvalue weighted by Gasteiger charge is 2.42. The van der Waals surface area contributed by atoms with Gasteiger partial charge < -0.3 is 10.4 Å². The maximum atomic E-state index is 14.8. The van der Waals surface area contributed by atoms with Gasteiger partial charge >= 0.3 is 0 Å². The second-order valence-corrected chi connectivity index (χ2v) is 8.64. The topological polar surface area (TPSA) is 80.0 Å². The minimum atomic E-state index is -0.695. The molecule has 0 saturated carbocycles. The minimum absolute atomic E-state index is 0.0120. The van der Waals surface area contributed by atoms with Crippen LogP contribution in [0.4, 0.5) is 10.3 Å². The Labute approximate surface area is 173 Å². The van der Waals surface area contributed by atoms with Gasteiger partial charge in [0.25, 0.3) is 0 Å². The lowest BCUT2D eigenvalue weighted by atomic mass is 9.73. The summed E-state index contributed by atoms with van der Waals surface area (Å²) < 4.78 is 16.4. The Morgan fingerprint density at radius 2 is 1.97 bits per heavy atom. The Bertz CT molecular complexity index is 1210. The molecule has 152 valence electrons. The number of allylic oxidation sites excluding steroid dienone is 2. The quantitative estimate of drug-likeness (QED) is 0.660. The highest BCUT2D eigenvalue weighted by Crippen LogP contribution is 2.46. The number of aromatic nitrogens is 3. The molecule has 1 aliphatic heterocycles. The first-order chi connectivity index (χ1) is 14.3. The molecule has 0 spiro atoms. The first-order valence-electron chi connectivity index (χ1n) is 9.86. The van der Waals surface area contributed by atoms with Gasteiger partial charge in [-0.05, 0) is 30.0 Å². The van der Waals surface area contributed by atoms with Crippen molar-refractivity contribution in [1.82, 2.24) is 14.8 Å². The van der Waals surface area contributed by atoms with Crippen molar-refractivity contribution in [2.45, 2.75) is 32.7 Å². The number of nitrogens with zero attached hydrogens (tertiary/aromatic N) is 3. The van der Waals surface area contributed by atoms with Crippen molar-refractivity contribution in [2.24, 2.45) is 5.41 Å². The summed E-state index contributed by atoms with van der Waals surface area (Å²) in [5.41, 5.74) is 2.13. The molecule has 7 heteroatoms. The third kappa shape index (κ3) is 2.98. The summed E-state index contributed by atoms with van der Waals surface area (Å²) >= 11 is 0. The van der Waals surface area contributed by atoms with Crippen LogP contribution >= 0.6 is 0 Å². The van der Waals surface area contributed by atoms with E-state index in [2.05, 4.69) is 15.4 Å². The van der Waals surface area contributed by atoms with E-state index >= 15 is 0 Å². The van der Waals surface area contributed by atoms with Gasteiger partial charge in [-0.3, -0.25) is 4.79 Å². The molecule has 5 rings (SSSR count). The summed E-state index contributed by atoms with van der Waals surface area (Å²) in [6, 6.07) is 12.4. The summed E-state index contributed by atoms with van der Waals surface area (Å²) in [6.45, 7) is 4.10. The minimum Gasteiger partial charge on any atom is -0.508 e. The lowest BCUT2D eigenvalue weighted by molar-refractivity contribution is -0.118. The number of Topliss-reactive ketones (excluding diaryl/α,β-unsaturated/α-hetero) is 1. The number of anilines is 1. The molecule has 3 aromatic rings. The van der Waals surface area contributed by atoms with E-state index < -0.39 is 11.9 Å². The third-order valence-corrected chi connectivity index (χ3v) is 5.64. The highest BCUT2D eigenvalue weighted by atomic mass is 19.1. The second kappa shape index (κ2) is 6.52. The van der Waals surface area contributed by atoms with Gasteiger partial charge in [-0.2, -0.15) is 4.98 Å². The number of halogens is 1. The third-order valence-electron chi connectivity index (χ3n) is 5.64. The molecule has 1 aliphatic carbocycles. The fourth-order valence-electron chi connectivity index (χ4n) is 4.36. The van der Waals surface area contributed by atoms with Crippen LogP contribution in [0.3, 0.4) is 0 Å². The van der Waals surface area contributed by atoms with Crippen LogP contribution < -0.4 is 5.32 Å². The average Bonchev–Trinajstić information content (AvgIpc) is 3.10. The molecule has 6 nitrogen and oxygen atoms in total. The van der Waals surface area contributed by atoms with Crippen molar-refractivity contribution in [1.29, 1.82) is 0 Å². The van der Waals surface area contributed by atoms with E-state index in [1.54, 1.807) is 47.1 Å². The van der Waals surface area contributed by atoms with Gasteiger partial charge in [0.2, 0.25) is 5.95 Å². The van der Waals surface area contributed by atoms with Crippen LogP contribution in [0, 0.1) is 11.2 Å². The molecule has 0 saturated heterocycles. The molecule has 0 radical (unpaired) electrons. The monoisotopic (exact) mass is 404 g/mol. The second-order valence-electron chi connectivity index (χ2n) is 8.64. The van der Waals surface area contributed by atoms with Crippen LogP contribution in [-0.4, -0.2) is 25.7 Å². The number of hydrogen-bond donors (Lipinski definition) is 2. The van der Waals surface area contributed by atoms with E-state index in [4.69, 9.17) is 0 Å². The van der Waals surface area contributed by atoms with Crippen molar-refractivity contribution in [3.8, 4) is 17.1 Å². The maximum absolute atomic E-state index is 14.8. The van der Waals surface area contributed by atoms with Crippen LogP contribution in [0.5, 0.6) is 5.75 Å². The van der Waals surface area contributed by atoms with Crippen molar-refractivity contribution in [3.63, 3.8) is 0 Å². The molecule has 2 N–H and O–H groups in total. The number of aromatic hydroxyl groups is 1. The fraction of sp³-hybridized carbons (Fsp3) is 0.261. The molecule has 0 fully saturated rings. The predicted molar refractivity (Wildman–Crippen MR) is 110 cm³/mol. The Morgan fingerprint density at radius 1 is 1.17 bits per heavy atom. The number of ketones is 1. The number of carbonyl (C=O) groups excluding carboxylic acids is 1. The summed E-state index contributed by atoms with van der Waals surface area (Å²) in [4.78, 5) is 17.7. The first kappa shape index (κ1) is 18.5. The van der Waals surface area contributed by atoms with E-state index in [1.165, 1.54) is 6.07 Å². The van der Waals surface area contributed by atoms with Gasteiger partial charge in [-0.1, -0.05) is 44.2 Å². The number of phenolic OH excluding ortho intramolecular Hbond substituents is 1. The van der Waals surface area contributed by atoms with E-state index in [0.717, 1.165) is 5.70 Å². The van der Waals surface area contributed by atoms with E-state index in [9.17, 15) is 14.3 Å². The fourth-order valence-corrected chi connectivity index (χ4v) is 4.36. The molecule has 30 heavy (non-hydrogen) atoms. The van der Waals surface area contributed by atoms with Crippen LogP contribution in [0.2, 0.25) is 0 Å². The summed E-state index contributed by atoms with van der Waals surface area (Å²) in [5, 5.41) is 17.7. The van der Waals surface area contributed by atoms with E-state index in [1.807, 2.05) is 13.8 Å². The predicted octanol–water partition coefficient (Wildman–Crippen LogP) is 4.45. The Hall–Kier alpha value is -3.48. The van der Waals surface area contributed by atoms with Gasteiger partial charge in [-0.25, -0.2) is 9.07 Å². The summed E-state index contributed by atoms with van der Waals surface area (Å²) in [7, 11) is 0. The maximum Gasteiger partial charge on any atom is 0.226 e. The SMILES string of the molecule is CC1(C)CC(=O)C2=C(C1)Nc1nc(-c3cccc(O)c3)nn1C2c1ccccc1F. The average molecular weight is 404 g/mol. The summed E-state index contributed by atoms with van der Waals surface area (Å²) in [6.07, 6.45) is 1.05. The molecule has 0 bridgehead atoms. The van der Waals surface area contributed by atoms with E-state index in [-0.39, 0.29) is 16.9 Å². The van der Waals surface area contributed by atoms with Crippen LogP contribution in [0.15, 0.2) is 59.8 Å². The molecular formula is C23H21FN4O2. The number of hydrogen-bond acceptors (Lipinski definition) is 5. The molecule has 1 unspecified atom stereocenters. The zero-order valence-corrected chi connectivity index (χ0v) is 16.7. The van der Waals surface area contributed by atoms with Crippen LogP contribution in [0.25, 0.3) is 11.4 Å². The zero-order chi connectivity index (χ0) is 21.0. The molecule has 2 aliphatic rings. The highest BCUT2D eigenvalue weighted by molar-refractivity contribution is 6.00. The largest absolute Gasteiger partial charge is 0.508 e. The Kier molecular flexibility index (Phi) is 4.03. The van der Waals surface area contributed by atoms with Crippen molar-refractivity contribution < 1.29 is 14.3 Å². The van der Waals surface area contributed by atoms with Gasteiger partial charge in [0.1, 0.15) is 17.6 Å². The van der Waals surface area contributed by atoms with Crippen molar-refractivity contribution in [2.75, 3.05) is 5.32 Å². The molecule has 1 atom stereocenters. The smallest absolute Gasteiger partial charge is 0.226 e. The first-order valence-corrected chi connectivity index (χ1v) is 9.86. The lowest BCUT2D eigenvalue weighted by Gasteiger charge is -2.38. The standard InChI is InChI=1S/C23H21FN4O2/c1-23(2)11-17-19(18(30)12-23)20(15-8-3-4-9-16(15)24)28-22(25-17)26-21(27-28)13-6-5-7-14(29)10-13/h3-10,20,29H,11-12H2,1-2H3,(H,25,26,27). The Morgan fingerprint density at radius 3 is 2.73 bits per heavy atom. The molecule has 1 aromatic heterocycles. The van der Waals surface area contributed by atoms with Crippen molar-refractivity contribution in [3.05, 3.63) is 71.2 Å². The zero-order valence-electron chi connectivity index (χ0n) is 16.7. The Balaban J connectivity index is 1.71. The van der Waals surface area contributed by atoms with Gasteiger partial charge in [-0.15, -0.1) is 5.10 Å². The number of carbonyl (C=O) groups is 1. The lowest BCUT2D eigenvalue weighted by Crippen LogP contribution is -2.36. The normalized spacial score (nSPS) is 19.8.